The molecule has 3 rings (SSSR count). The Morgan fingerprint density at radius 3 is 2.56 bits per heavy atom. The highest BCUT2D eigenvalue weighted by Gasteiger charge is 2.13. The molecule has 0 fully saturated rings. The number of pyridine rings is 2. The fourth-order valence-corrected chi connectivity index (χ4v) is 2.22. The Bertz CT molecular complexity index is 838. The standard InChI is InChI=1S/C18H16N4O3/c23-22(24)17-4-2-10-20-18(17)21-12-14-5-7-16(8-6-14)25-13-15-3-1-9-19-11-15/h1-11H,12-13H2,(H,20,21). The van der Waals surface area contributed by atoms with Gasteiger partial charge >= 0.3 is 5.69 Å². The van der Waals surface area contributed by atoms with Gasteiger partial charge in [0.05, 0.1) is 4.92 Å². The minimum Gasteiger partial charge on any atom is -0.489 e. The number of nitro groups is 1. The molecule has 0 radical (unpaired) electrons. The van der Waals surface area contributed by atoms with Gasteiger partial charge in [0, 0.05) is 36.8 Å². The summed E-state index contributed by atoms with van der Waals surface area (Å²) in [6.07, 6.45) is 5.00. The number of benzene rings is 1. The third-order valence-corrected chi connectivity index (χ3v) is 3.49. The molecule has 7 heteroatoms. The van der Waals surface area contributed by atoms with Crippen molar-refractivity contribution in [2.24, 2.45) is 0 Å². The minimum atomic E-state index is -0.454. The minimum absolute atomic E-state index is 0.0427. The molecule has 25 heavy (non-hydrogen) atoms. The summed E-state index contributed by atoms with van der Waals surface area (Å²) in [4.78, 5) is 18.6. The number of aromatic nitrogens is 2. The fourth-order valence-electron chi connectivity index (χ4n) is 2.22. The van der Waals surface area contributed by atoms with E-state index in [-0.39, 0.29) is 11.5 Å². The summed E-state index contributed by atoms with van der Waals surface area (Å²) in [5, 5.41) is 14.0. The molecular formula is C18H16N4O3. The monoisotopic (exact) mass is 336 g/mol. The molecule has 0 saturated heterocycles. The number of nitrogens with zero attached hydrogens (tertiary/aromatic N) is 3. The molecule has 0 amide bonds. The lowest BCUT2D eigenvalue weighted by atomic mass is 10.2. The highest BCUT2D eigenvalue weighted by molar-refractivity contribution is 5.55. The zero-order chi connectivity index (χ0) is 17.5. The number of anilines is 1. The van der Waals surface area contributed by atoms with Crippen molar-refractivity contribution in [3.63, 3.8) is 0 Å². The Hall–Kier alpha value is -3.48. The topological polar surface area (TPSA) is 90.2 Å². The zero-order valence-corrected chi connectivity index (χ0v) is 13.3. The second kappa shape index (κ2) is 7.87. The molecule has 0 saturated carbocycles. The number of nitrogens with one attached hydrogen (secondary N) is 1. The van der Waals surface area contributed by atoms with E-state index in [1.807, 2.05) is 36.4 Å². The Kier molecular flexibility index (Phi) is 5.16. The van der Waals surface area contributed by atoms with Crippen LogP contribution in [0.2, 0.25) is 0 Å². The van der Waals surface area contributed by atoms with Crippen molar-refractivity contribution in [3.8, 4) is 5.75 Å². The smallest absolute Gasteiger partial charge is 0.311 e. The number of ether oxygens (including phenoxy) is 1. The van der Waals surface area contributed by atoms with Crippen LogP contribution in [0, 0.1) is 10.1 Å². The molecule has 0 aliphatic heterocycles. The maximum atomic E-state index is 11.0. The lowest BCUT2D eigenvalue weighted by molar-refractivity contribution is -0.384. The van der Waals surface area contributed by atoms with Crippen LogP contribution in [0.4, 0.5) is 11.5 Å². The maximum absolute atomic E-state index is 11.0. The lowest BCUT2D eigenvalue weighted by Crippen LogP contribution is -2.04. The predicted octanol–water partition coefficient (Wildman–Crippen LogP) is 3.58. The molecule has 0 bridgehead atoms. The second-order valence-corrected chi connectivity index (χ2v) is 5.28. The van der Waals surface area contributed by atoms with Crippen molar-refractivity contribution < 1.29 is 9.66 Å². The van der Waals surface area contributed by atoms with Crippen molar-refractivity contribution >= 4 is 11.5 Å². The highest BCUT2D eigenvalue weighted by atomic mass is 16.6. The first-order valence-electron chi connectivity index (χ1n) is 7.66. The van der Waals surface area contributed by atoms with Crippen LogP contribution in [0.25, 0.3) is 0 Å². The van der Waals surface area contributed by atoms with Gasteiger partial charge in [-0.15, -0.1) is 0 Å². The molecule has 0 spiro atoms. The van der Waals surface area contributed by atoms with Crippen LogP contribution < -0.4 is 10.1 Å². The lowest BCUT2D eigenvalue weighted by Gasteiger charge is -2.08. The van der Waals surface area contributed by atoms with Gasteiger partial charge in [-0.05, 0) is 29.8 Å². The first kappa shape index (κ1) is 16.4. The quantitative estimate of drug-likeness (QED) is 0.524. The van der Waals surface area contributed by atoms with Crippen LogP contribution in [0.15, 0.2) is 67.1 Å². The van der Waals surface area contributed by atoms with Gasteiger partial charge in [0.25, 0.3) is 0 Å². The number of hydrogen-bond acceptors (Lipinski definition) is 6. The summed E-state index contributed by atoms with van der Waals surface area (Å²) in [5.74, 6) is 1.00. The second-order valence-electron chi connectivity index (χ2n) is 5.28. The average Bonchev–Trinajstić information content (AvgIpc) is 2.66. The van der Waals surface area contributed by atoms with E-state index in [0.717, 1.165) is 16.9 Å². The Morgan fingerprint density at radius 2 is 1.84 bits per heavy atom. The molecule has 126 valence electrons. The Morgan fingerprint density at radius 1 is 1.04 bits per heavy atom. The molecule has 2 heterocycles. The molecule has 0 aliphatic rings. The van der Waals surface area contributed by atoms with Gasteiger partial charge in [0.1, 0.15) is 12.4 Å². The third kappa shape index (κ3) is 4.51. The zero-order valence-electron chi connectivity index (χ0n) is 13.3. The molecule has 1 N–H and O–H groups in total. The molecule has 3 aromatic rings. The van der Waals surface area contributed by atoms with Gasteiger partial charge in [-0.2, -0.15) is 0 Å². The van der Waals surface area contributed by atoms with E-state index >= 15 is 0 Å². The van der Waals surface area contributed by atoms with Crippen molar-refractivity contribution in [1.29, 1.82) is 0 Å². The third-order valence-electron chi connectivity index (χ3n) is 3.49. The summed E-state index contributed by atoms with van der Waals surface area (Å²) < 4.78 is 5.70. The molecule has 0 unspecified atom stereocenters. The van der Waals surface area contributed by atoms with Crippen molar-refractivity contribution in [1.82, 2.24) is 9.97 Å². The van der Waals surface area contributed by atoms with E-state index in [4.69, 9.17) is 4.74 Å². The SMILES string of the molecule is O=[N+]([O-])c1cccnc1NCc1ccc(OCc2cccnc2)cc1. The number of rotatable bonds is 7. The van der Waals surface area contributed by atoms with Crippen molar-refractivity contribution in [3.05, 3.63) is 88.4 Å². The van der Waals surface area contributed by atoms with Gasteiger partial charge in [-0.1, -0.05) is 18.2 Å². The van der Waals surface area contributed by atoms with Gasteiger partial charge in [0.2, 0.25) is 5.82 Å². The van der Waals surface area contributed by atoms with E-state index in [2.05, 4.69) is 15.3 Å². The molecule has 0 atom stereocenters. The normalized spacial score (nSPS) is 10.2. The van der Waals surface area contributed by atoms with E-state index in [0.29, 0.717) is 13.2 Å². The fraction of sp³-hybridized carbons (Fsp3) is 0.111. The first-order valence-corrected chi connectivity index (χ1v) is 7.66. The van der Waals surface area contributed by atoms with Crippen LogP contribution in [0.5, 0.6) is 5.75 Å². The predicted molar refractivity (Wildman–Crippen MR) is 93.2 cm³/mol. The molecule has 2 aromatic heterocycles. The molecule has 7 nitrogen and oxygen atoms in total. The van der Waals surface area contributed by atoms with Crippen molar-refractivity contribution in [2.75, 3.05) is 5.32 Å². The van der Waals surface area contributed by atoms with E-state index in [1.54, 1.807) is 12.4 Å². The summed E-state index contributed by atoms with van der Waals surface area (Å²) in [6, 6.07) is 14.3. The van der Waals surface area contributed by atoms with Gasteiger partial charge in [-0.25, -0.2) is 4.98 Å². The first-order chi connectivity index (χ1) is 12.2. The Labute approximate surface area is 144 Å². The van der Waals surface area contributed by atoms with E-state index in [9.17, 15) is 10.1 Å². The van der Waals surface area contributed by atoms with Gasteiger partial charge < -0.3 is 10.1 Å². The Balaban J connectivity index is 1.57. The molecule has 0 aliphatic carbocycles. The molecule has 1 aromatic carbocycles. The summed E-state index contributed by atoms with van der Waals surface area (Å²) in [6.45, 7) is 0.881. The van der Waals surface area contributed by atoms with Crippen molar-refractivity contribution in [2.45, 2.75) is 13.2 Å². The van der Waals surface area contributed by atoms with E-state index < -0.39 is 4.92 Å². The largest absolute Gasteiger partial charge is 0.489 e. The summed E-state index contributed by atoms with van der Waals surface area (Å²) in [7, 11) is 0. The van der Waals surface area contributed by atoms with Crippen LogP contribution in [0.1, 0.15) is 11.1 Å². The van der Waals surface area contributed by atoms with Gasteiger partial charge in [0.15, 0.2) is 0 Å². The van der Waals surface area contributed by atoms with Crippen LogP contribution >= 0.6 is 0 Å². The van der Waals surface area contributed by atoms with Gasteiger partial charge in [-0.3, -0.25) is 15.1 Å². The van der Waals surface area contributed by atoms with Crippen LogP contribution in [0.3, 0.4) is 0 Å². The van der Waals surface area contributed by atoms with Crippen LogP contribution in [-0.2, 0) is 13.2 Å². The summed E-state index contributed by atoms with van der Waals surface area (Å²) >= 11 is 0. The summed E-state index contributed by atoms with van der Waals surface area (Å²) in [5.41, 5.74) is 1.92. The highest BCUT2D eigenvalue weighted by Crippen LogP contribution is 2.21. The van der Waals surface area contributed by atoms with E-state index in [1.165, 1.54) is 18.3 Å². The maximum Gasteiger partial charge on any atom is 0.311 e. The average molecular weight is 336 g/mol. The van der Waals surface area contributed by atoms with Crippen LogP contribution in [-0.4, -0.2) is 14.9 Å². The molecular weight excluding hydrogens is 320 g/mol. The number of hydrogen-bond donors (Lipinski definition) is 1.